The molecule has 1 fully saturated rings. The first kappa shape index (κ1) is 29.4. The second-order valence-corrected chi connectivity index (χ2v) is 12.7. The summed E-state index contributed by atoms with van der Waals surface area (Å²) in [4.78, 5) is 24.2. The van der Waals surface area contributed by atoms with Crippen molar-refractivity contribution in [2.24, 2.45) is 0 Å². The third kappa shape index (κ3) is 5.57. The van der Waals surface area contributed by atoms with Crippen molar-refractivity contribution in [3.05, 3.63) is 64.1 Å². The molecule has 41 heavy (non-hydrogen) atoms. The van der Waals surface area contributed by atoms with Gasteiger partial charge in [0.15, 0.2) is 15.9 Å². The van der Waals surface area contributed by atoms with E-state index in [1.807, 2.05) is 0 Å². The highest BCUT2D eigenvalue weighted by Crippen LogP contribution is 2.44. The highest BCUT2D eigenvalue weighted by molar-refractivity contribution is 7.91. The van der Waals surface area contributed by atoms with Crippen LogP contribution in [0.15, 0.2) is 41.3 Å². The number of halogens is 2. The molecule has 0 amide bonds. The van der Waals surface area contributed by atoms with E-state index in [4.69, 9.17) is 21.1 Å². The molecule has 4 N–H and O–H groups in total. The number of aliphatic hydroxyl groups excluding tert-OH is 3. The number of carbonyl (C=O) groups excluding carboxylic acids is 1. The number of benzene rings is 2. The molecule has 0 bridgehead atoms. The number of aryl methyl sites for hydroxylation is 1. The number of sulfone groups is 1. The molecule has 2 heterocycles. The van der Waals surface area contributed by atoms with Crippen molar-refractivity contribution >= 4 is 44.3 Å². The fraction of sp³-hybridized carbons (Fsp3) is 0.407. The van der Waals surface area contributed by atoms with Crippen molar-refractivity contribution in [3.63, 3.8) is 0 Å². The Kier molecular flexibility index (Phi) is 7.87. The van der Waals surface area contributed by atoms with E-state index in [2.05, 4.69) is 0 Å². The van der Waals surface area contributed by atoms with Gasteiger partial charge in [-0.3, -0.25) is 4.79 Å². The monoisotopic (exact) mass is 611 g/mol. The van der Waals surface area contributed by atoms with Gasteiger partial charge in [-0.2, -0.15) is 0 Å². The van der Waals surface area contributed by atoms with Crippen molar-refractivity contribution in [3.8, 4) is 0 Å². The maximum Gasteiger partial charge on any atom is 0.335 e. The minimum Gasteiger partial charge on any atom is -0.479 e. The summed E-state index contributed by atoms with van der Waals surface area (Å²) in [6.45, 7) is 0.192. The van der Waals surface area contributed by atoms with Crippen molar-refractivity contribution in [1.29, 1.82) is 0 Å². The molecule has 0 saturated carbocycles. The maximum absolute atomic E-state index is 14.6. The lowest BCUT2D eigenvalue weighted by Gasteiger charge is -2.38. The summed E-state index contributed by atoms with van der Waals surface area (Å²) in [5, 5.41) is 40.3. The van der Waals surface area contributed by atoms with Crippen LogP contribution in [0.2, 0.25) is 5.02 Å². The zero-order chi connectivity index (χ0) is 29.8. The van der Waals surface area contributed by atoms with Gasteiger partial charge >= 0.3 is 11.9 Å². The van der Waals surface area contributed by atoms with Gasteiger partial charge < -0.3 is 34.5 Å². The van der Waals surface area contributed by atoms with Crippen LogP contribution in [0.25, 0.3) is 10.9 Å². The van der Waals surface area contributed by atoms with Gasteiger partial charge in [-0.25, -0.2) is 17.6 Å². The topological polar surface area (TPSA) is 173 Å². The van der Waals surface area contributed by atoms with Crippen LogP contribution in [-0.2, 0) is 41.9 Å². The number of aliphatic hydroxyl groups is 3. The third-order valence-electron chi connectivity index (χ3n) is 7.49. The molecule has 1 aliphatic carbocycles. The summed E-state index contributed by atoms with van der Waals surface area (Å²) >= 11 is 6.03. The molecule has 2 aromatic carbocycles. The Balaban J connectivity index is 1.51. The Hall–Kier alpha value is -3.07. The Bertz CT molecular complexity index is 1620. The van der Waals surface area contributed by atoms with Crippen molar-refractivity contribution in [2.45, 2.75) is 67.3 Å². The minimum absolute atomic E-state index is 0.192. The lowest BCUT2D eigenvalue weighted by atomic mass is 9.99. The second kappa shape index (κ2) is 11.0. The number of fused-ring (bicyclic) bond motifs is 3. The number of aliphatic carboxylic acids is 1. The SMILES string of the molecule is CS(=O)(=O)c1cc(F)cc2c3c(n(Cc4ccc(Cl)cc4)c12)[C@@H](CC(=O)O[C@@H]1O[C@H](C(=O)O)[C@@H](O)[C@H](O)[C@H]1O)CC3. The molecule has 220 valence electrons. The zero-order valence-corrected chi connectivity index (χ0v) is 23.2. The third-order valence-corrected chi connectivity index (χ3v) is 8.85. The lowest BCUT2D eigenvalue weighted by molar-refractivity contribution is -0.286. The van der Waals surface area contributed by atoms with Gasteiger partial charge in [0, 0.05) is 34.8 Å². The molecule has 0 spiro atoms. The summed E-state index contributed by atoms with van der Waals surface area (Å²) in [6, 6.07) is 9.13. The average molecular weight is 612 g/mol. The van der Waals surface area contributed by atoms with Crippen LogP contribution in [0.1, 0.15) is 35.6 Å². The fourth-order valence-electron chi connectivity index (χ4n) is 5.64. The highest BCUT2D eigenvalue weighted by atomic mass is 35.5. The minimum atomic E-state index is -3.86. The first-order valence-electron chi connectivity index (χ1n) is 12.7. The van der Waals surface area contributed by atoms with E-state index in [-0.39, 0.29) is 17.9 Å². The van der Waals surface area contributed by atoms with Crippen molar-refractivity contribution in [2.75, 3.05) is 6.26 Å². The smallest absolute Gasteiger partial charge is 0.335 e. The van der Waals surface area contributed by atoms with Crippen LogP contribution in [0, 0.1) is 5.82 Å². The van der Waals surface area contributed by atoms with Crippen molar-refractivity contribution in [1.82, 2.24) is 4.57 Å². The molecule has 11 nitrogen and oxygen atoms in total. The molecule has 1 saturated heterocycles. The Morgan fingerprint density at radius 3 is 2.44 bits per heavy atom. The van der Waals surface area contributed by atoms with Gasteiger partial charge in [-0.15, -0.1) is 0 Å². The number of aromatic nitrogens is 1. The van der Waals surface area contributed by atoms with Gasteiger partial charge in [0.25, 0.3) is 0 Å². The number of hydrogen-bond acceptors (Lipinski definition) is 9. The van der Waals surface area contributed by atoms with Crippen LogP contribution in [-0.4, -0.2) is 82.3 Å². The summed E-state index contributed by atoms with van der Waals surface area (Å²) in [5.74, 6) is -3.74. The molecular formula is C27H27ClFNO10S. The Labute approximate surface area is 238 Å². The zero-order valence-electron chi connectivity index (χ0n) is 21.6. The van der Waals surface area contributed by atoms with Gasteiger partial charge in [0.2, 0.25) is 6.29 Å². The number of carboxylic acid groups (broad SMARTS) is 1. The number of esters is 1. The summed E-state index contributed by atoms with van der Waals surface area (Å²) in [6.07, 6.45) is -8.00. The predicted molar refractivity (Wildman–Crippen MR) is 142 cm³/mol. The number of carboxylic acids is 1. The first-order chi connectivity index (χ1) is 19.3. The summed E-state index contributed by atoms with van der Waals surface area (Å²) in [5.41, 5.74) is 2.39. The van der Waals surface area contributed by atoms with Crippen molar-refractivity contribution < 1.29 is 52.3 Å². The first-order valence-corrected chi connectivity index (χ1v) is 14.9. The molecule has 1 aromatic heterocycles. The molecular weight excluding hydrogens is 585 g/mol. The van der Waals surface area contributed by atoms with Crippen LogP contribution < -0.4 is 0 Å². The van der Waals surface area contributed by atoms with E-state index < -0.39 is 64.2 Å². The summed E-state index contributed by atoms with van der Waals surface area (Å²) in [7, 11) is -3.86. The van der Waals surface area contributed by atoms with E-state index in [1.54, 1.807) is 28.8 Å². The normalized spacial score (nSPS) is 26.2. The predicted octanol–water partition coefficient (Wildman–Crippen LogP) is 1.74. The Morgan fingerprint density at radius 2 is 1.80 bits per heavy atom. The lowest BCUT2D eigenvalue weighted by Crippen LogP contribution is -2.60. The number of rotatable bonds is 7. The molecule has 6 atom stereocenters. The molecule has 14 heteroatoms. The number of nitrogens with zero attached hydrogens (tertiary/aromatic N) is 1. The largest absolute Gasteiger partial charge is 0.479 e. The standard InChI is InChI=1S/C27H27ClFNO10S/c1-41(37,38)18-10-15(29)9-17-16-7-4-13(20(16)30(21(17)18)11-12-2-5-14(28)6-3-12)8-19(31)39-27-24(34)22(32)23(33)25(40-27)26(35)36/h2-3,5-6,9-10,13,22-25,27,32-34H,4,7-8,11H2,1H3,(H,35,36)/t13-,22+,23+,24-,25+,27-/m1/s1. The van der Waals surface area contributed by atoms with Crippen LogP contribution in [0.4, 0.5) is 4.39 Å². The summed E-state index contributed by atoms with van der Waals surface area (Å²) < 4.78 is 52.1. The fourth-order valence-corrected chi connectivity index (χ4v) is 6.66. The van der Waals surface area contributed by atoms with Crippen LogP contribution >= 0.6 is 11.6 Å². The molecule has 0 radical (unpaired) electrons. The maximum atomic E-state index is 14.6. The number of hydrogen-bond donors (Lipinski definition) is 4. The van der Waals surface area contributed by atoms with E-state index in [9.17, 15) is 42.8 Å². The molecule has 2 aliphatic rings. The van der Waals surface area contributed by atoms with Crippen LogP contribution in [0.3, 0.4) is 0 Å². The van der Waals surface area contributed by atoms with Gasteiger partial charge in [0.1, 0.15) is 24.1 Å². The molecule has 1 aliphatic heterocycles. The number of carbonyl (C=O) groups is 2. The second-order valence-electron chi connectivity index (χ2n) is 10.3. The van der Waals surface area contributed by atoms with E-state index in [0.29, 0.717) is 40.0 Å². The quantitative estimate of drug-likeness (QED) is 0.288. The van der Waals surface area contributed by atoms with Crippen LogP contribution in [0.5, 0.6) is 0 Å². The van der Waals surface area contributed by atoms with E-state index in [1.165, 1.54) is 6.07 Å². The average Bonchev–Trinajstić information content (AvgIpc) is 3.43. The van der Waals surface area contributed by atoms with Gasteiger partial charge in [-0.05, 0) is 48.2 Å². The van der Waals surface area contributed by atoms with E-state index in [0.717, 1.165) is 17.9 Å². The molecule has 0 unspecified atom stereocenters. The highest BCUT2D eigenvalue weighted by Gasteiger charge is 2.48. The molecule has 5 rings (SSSR count). The van der Waals surface area contributed by atoms with E-state index >= 15 is 0 Å². The number of ether oxygens (including phenoxy) is 2. The Morgan fingerprint density at radius 1 is 1.12 bits per heavy atom. The van der Waals surface area contributed by atoms with Gasteiger partial charge in [0.05, 0.1) is 16.8 Å². The van der Waals surface area contributed by atoms with Gasteiger partial charge in [-0.1, -0.05) is 23.7 Å². The molecule has 3 aromatic rings.